The van der Waals surface area contributed by atoms with E-state index in [1.165, 1.54) is 0 Å². The lowest BCUT2D eigenvalue weighted by Crippen LogP contribution is -2.39. The molecule has 1 aromatic carbocycles. The Balaban J connectivity index is 2.15. The Labute approximate surface area is 119 Å². The van der Waals surface area contributed by atoms with E-state index in [4.69, 9.17) is 10.00 Å². The number of hydrogen-bond acceptors (Lipinski definition) is 4. The van der Waals surface area contributed by atoms with Crippen molar-refractivity contribution in [3.05, 3.63) is 29.3 Å². The van der Waals surface area contributed by atoms with Gasteiger partial charge in [-0.05, 0) is 18.2 Å². The van der Waals surface area contributed by atoms with Gasteiger partial charge >= 0.3 is 0 Å². The lowest BCUT2D eigenvalue weighted by Gasteiger charge is -2.34. The summed E-state index contributed by atoms with van der Waals surface area (Å²) in [5, 5.41) is 10.3. The molecule has 1 aliphatic rings. The van der Waals surface area contributed by atoms with Crippen molar-refractivity contribution in [2.24, 2.45) is 0 Å². The van der Waals surface area contributed by atoms with Gasteiger partial charge in [0.05, 0.1) is 18.7 Å². The van der Waals surface area contributed by atoms with Crippen LogP contribution in [0.3, 0.4) is 0 Å². The Kier molecular flexibility index (Phi) is 4.73. The molecule has 0 spiro atoms. The number of ether oxygens (including phenoxy) is 1. The van der Waals surface area contributed by atoms with E-state index in [0.717, 1.165) is 30.9 Å². The quantitative estimate of drug-likeness (QED) is 0.850. The van der Waals surface area contributed by atoms with E-state index in [1.54, 1.807) is 13.2 Å². The van der Waals surface area contributed by atoms with Gasteiger partial charge in [-0.1, -0.05) is 13.8 Å². The highest BCUT2D eigenvalue weighted by atomic mass is 32.2. The Morgan fingerprint density at radius 3 is 2.63 bits per heavy atom. The molecule has 0 amide bonds. The first-order chi connectivity index (χ1) is 9.12. The van der Waals surface area contributed by atoms with Crippen molar-refractivity contribution in [2.45, 2.75) is 30.9 Å². The Morgan fingerprint density at radius 2 is 2.05 bits per heavy atom. The fourth-order valence-electron chi connectivity index (χ4n) is 2.63. The summed E-state index contributed by atoms with van der Waals surface area (Å²) >= 11 is 2.05. The number of nitrogens with zero attached hydrogens (tertiary/aromatic N) is 2. The van der Waals surface area contributed by atoms with Gasteiger partial charge in [-0.15, -0.1) is 0 Å². The average Bonchev–Trinajstić information content (AvgIpc) is 2.37. The first kappa shape index (κ1) is 14.2. The van der Waals surface area contributed by atoms with E-state index in [2.05, 4.69) is 24.8 Å². The fraction of sp³-hybridized carbons (Fsp3) is 0.533. The molecule has 1 saturated heterocycles. The zero-order valence-corrected chi connectivity index (χ0v) is 12.5. The number of benzene rings is 1. The molecule has 0 bridgehead atoms. The van der Waals surface area contributed by atoms with Crippen LogP contribution >= 0.6 is 11.8 Å². The van der Waals surface area contributed by atoms with Crippen LogP contribution in [0.2, 0.25) is 0 Å². The monoisotopic (exact) mass is 276 g/mol. The van der Waals surface area contributed by atoms with Crippen LogP contribution < -0.4 is 4.74 Å². The zero-order valence-electron chi connectivity index (χ0n) is 11.7. The van der Waals surface area contributed by atoms with E-state index in [9.17, 15) is 0 Å². The molecule has 0 aromatic heterocycles. The predicted molar refractivity (Wildman–Crippen MR) is 79.5 cm³/mol. The third-order valence-electron chi connectivity index (χ3n) is 3.30. The molecule has 102 valence electrons. The highest BCUT2D eigenvalue weighted by molar-refractivity contribution is 8.00. The molecule has 1 heterocycles. The van der Waals surface area contributed by atoms with Gasteiger partial charge in [0, 0.05) is 35.7 Å². The minimum Gasteiger partial charge on any atom is -0.496 e. The summed E-state index contributed by atoms with van der Waals surface area (Å²) in [7, 11) is 1.68. The molecule has 0 saturated carbocycles. The van der Waals surface area contributed by atoms with Gasteiger partial charge in [-0.2, -0.15) is 17.0 Å². The van der Waals surface area contributed by atoms with E-state index in [0.29, 0.717) is 16.1 Å². The number of rotatable bonds is 3. The SMILES string of the molecule is COc1ccc(C#N)cc1CN1CC(C)SC(C)C1. The molecule has 4 heteroatoms. The highest BCUT2D eigenvalue weighted by Gasteiger charge is 2.23. The third kappa shape index (κ3) is 3.65. The minimum atomic E-state index is 0.661. The number of hydrogen-bond donors (Lipinski definition) is 0. The summed E-state index contributed by atoms with van der Waals surface area (Å²) in [6.45, 7) is 7.59. The maximum absolute atomic E-state index is 9.01. The first-order valence-corrected chi connectivity index (χ1v) is 7.51. The Hall–Kier alpha value is -1.18. The van der Waals surface area contributed by atoms with Gasteiger partial charge in [-0.3, -0.25) is 4.90 Å². The van der Waals surface area contributed by atoms with Crippen LogP contribution in [0.5, 0.6) is 5.75 Å². The maximum Gasteiger partial charge on any atom is 0.123 e. The molecule has 2 rings (SSSR count). The minimum absolute atomic E-state index is 0.661. The lowest BCUT2D eigenvalue weighted by atomic mass is 10.1. The lowest BCUT2D eigenvalue weighted by molar-refractivity contribution is 0.258. The molecule has 2 atom stereocenters. The first-order valence-electron chi connectivity index (χ1n) is 6.57. The molecule has 3 nitrogen and oxygen atoms in total. The van der Waals surface area contributed by atoms with E-state index < -0.39 is 0 Å². The molecular weight excluding hydrogens is 256 g/mol. The molecule has 1 fully saturated rings. The standard InChI is InChI=1S/C15H20N2OS/c1-11-8-17(9-12(2)19-11)10-14-6-13(7-16)4-5-15(14)18-3/h4-6,11-12H,8-10H2,1-3H3. The second-order valence-electron chi connectivity index (χ2n) is 5.09. The van der Waals surface area contributed by atoms with Crippen LogP contribution in [0.4, 0.5) is 0 Å². The molecule has 0 N–H and O–H groups in total. The van der Waals surface area contributed by atoms with Crippen LogP contribution in [-0.2, 0) is 6.54 Å². The molecule has 2 unspecified atom stereocenters. The largest absolute Gasteiger partial charge is 0.496 e. The number of thioether (sulfide) groups is 1. The molecule has 0 radical (unpaired) electrons. The van der Waals surface area contributed by atoms with Crippen molar-refractivity contribution in [1.29, 1.82) is 5.26 Å². The van der Waals surface area contributed by atoms with Gasteiger partial charge in [0.1, 0.15) is 5.75 Å². The van der Waals surface area contributed by atoms with Gasteiger partial charge in [0.25, 0.3) is 0 Å². The van der Waals surface area contributed by atoms with E-state index in [-0.39, 0.29) is 0 Å². The normalized spacial score (nSPS) is 23.9. The van der Waals surface area contributed by atoms with Crippen molar-refractivity contribution in [1.82, 2.24) is 4.90 Å². The number of methoxy groups -OCH3 is 1. The van der Waals surface area contributed by atoms with Crippen molar-refractivity contribution >= 4 is 11.8 Å². The molecule has 1 aromatic rings. The van der Waals surface area contributed by atoms with Gasteiger partial charge < -0.3 is 4.74 Å². The van der Waals surface area contributed by atoms with Crippen molar-refractivity contribution in [3.8, 4) is 11.8 Å². The number of nitriles is 1. The molecule has 19 heavy (non-hydrogen) atoms. The average molecular weight is 276 g/mol. The smallest absolute Gasteiger partial charge is 0.123 e. The van der Waals surface area contributed by atoms with Gasteiger partial charge in [0.2, 0.25) is 0 Å². The maximum atomic E-state index is 9.01. The van der Waals surface area contributed by atoms with Crippen molar-refractivity contribution in [3.63, 3.8) is 0 Å². The van der Waals surface area contributed by atoms with Crippen LogP contribution in [0, 0.1) is 11.3 Å². The molecular formula is C15H20N2OS. The zero-order chi connectivity index (χ0) is 13.8. The van der Waals surface area contributed by atoms with E-state index >= 15 is 0 Å². The van der Waals surface area contributed by atoms with Crippen LogP contribution in [0.25, 0.3) is 0 Å². The van der Waals surface area contributed by atoms with Crippen molar-refractivity contribution in [2.75, 3.05) is 20.2 Å². The summed E-state index contributed by atoms with van der Waals surface area (Å²) < 4.78 is 5.40. The summed E-state index contributed by atoms with van der Waals surface area (Å²) in [6, 6.07) is 7.83. The topological polar surface area (TPSA) is 36.3 Å². The highest BCUT2D eigenvalue weighted by Crippen LogP contribution is 2.28. The van der Waals surface area contributed by atoms with Crippen LogP contribution in [-0.4, -0.2) is 35.6 Å². The Bertz CT molecular complexity index is 474. The van der Waals surface area contributed by atoms with Gasteiger partial charge in [0.15, 0.2) is 0 Å². The third-order valence-corrected chi connectivity index (χ3v) is 4.53. The van der Waals surface area contributed by atoms with Crippen LogP contribution in [0.1, 0.15) is 25.0 Å². The second kappa shape index (κ2) is 6.31. The van der Waals surface area contributed by atoms with E-state index in [1.807, 2.05) is 23.9 Å². The Morgan fingerprint density at radius 1 is 1.37 bits per heavy atom. The second-order valence-corrected chi connectivity index (χ2v) is 6.97. The van der Waals surface area contributed by atoms with Gasteiger partial charge in [-0.25, -0.2) is 0 Å². The summed E-state index contributed by atoms with van der Waals surface area (Å²) in [4.78, 5) is 2.45. The van der Waals surface area contributed by atoms with Crippen molar-refractivity contribution < 1.29 is 4.74 Å². The summed E-state index contributed by atoms with van der Waals surface area (Å²) in [5.74, 6) is 0.873. The summed E-state index contributed by atoms with van der Waals surface area (Å²) in [6.07, 6.45) is 0. The summed E-state index contributed by atoms with van der Waals surface area (Å²) in [5.41, 5.74) is 1.80. The fourth-order valence-corrected chi connectivity index (χ4v) is 4.01. The van der Waals surface area contributed by atoms with Crippen LogP contribution in [0.15, 0.2) is 18.2 Å². The molecule has 0 aliphatic carbocycles. The predicted octanol–water partition coefficient (Wildman–Crippen LogP) is 2.89. The molecule has 1 aliphatic heterocycles.